The van der Waals surface area contributed by atoms with Gasteiger partial charge in [0.25, 0.3) is 5.91 Å². The summed E-state index contributed by atoms with van der Waals surface area (Å²) in [6.07, 6.45) is -2.22. The smallest absolute Gasteiger partial charge is 0.416 e. The van der Waals surface area contributed by atoms with Crippen molar-refractivity contribution in [2.24, 2.45) is 0 Å². The van der Waals surface area contributed by atoms with Crippen molar-refractivity contribution in [1.29, 1.82) is 0 Å². The maximum absolute atomic E-state index is 14.9. The number of amides is 1. The summed E-state index contributed by atoms with van der Waals surface area (Å²) in [5.41, 5.74) is -3.73. The second-order valence-corrected chi connectivity index (χ2v) is 8.23. The van der Waals surface area contributed by atoms with E-state index in [1.54, 1.807) is 0 Å². The van der Waals surface area contributed by atoms with Crippen LogP contribution >= 0.6 is 0 Å². The highest BCUT2D eigenvalue weighted by molar-refractivity contribution is 5.94. The second kappa shape index (κ2) is 11.0. The van der Waals surface area contributed by atoms with Gasteiger partial charge in [0.1, 0.15) is 36.5 Å². The van der Waals surface area contributed by atoms with Crippen molar-refractivity contribution >= 4 is 11.9 Å². The van der Waals surface area contributed by atoms with Crippen LogP contribution in [0.4, 0.5) is 22.0 Å². The molecule has 1 N–H and O–H groups in total. The lowest BCUT2D eigenvalue weighted by Gasteiger charge is -2.41. The molecule has 0 saturated heterocycles. The van der Waals surface area contributed by atoms with Gasteiger partial charge < -0.3 is 14.7 Å². The molecule has 1 aromatic heterocycles. The molecule has 13 heteroatoms. The van der Waals surface area contributed by atoms with Crippen LogP contribution in [0.5, 0.6) is 0 Å². The lowest BCUT2D eigenvalue weighted by molar-refractivity contribution is -0.141. The first-order valence-electron chi connectivity index (χ1n) is 10.9. The second-order valence-electron chi connectivity index (χ2n) is 8.23. The van der Waals surface area contributed by atoms with E-state index in [1.165, 1.54) is 17.9 Å². The Morgan fingerprint density at radius 2 is 1.81 bits per heavy atom. The Labute approximate surface area is 208 Å². The first-order valence-corrected chi connectivity index (χ1v) is 10.9. The van der Waals surface area contributed by atoms with Crippen molar-refractivity contribution in [3.8, 4) is 0 Å². The minimum absolute atomic E-state index is 0.162. The topological polar surface area (TPSA) is 97.6 Å². The third-order valence-electron chi connectivity index (χ3n) is 5.78. The Hall–Kier alpha value is -3.87. The maximum atomic E-state index is 14.9. The van der Waals surface area contributed by atoms with Gasteiger partial charge in [-0.1, -0.05) is 6.07 Å². The predicted octanol–water partition coefficient (Wildman–Crippen LogP) is 3.56. The zero-order valence-corrected chi connectivity index (χ0v) is 19.7. The van der Waals surface area contributed by atoms with Crippen molar-refractivity contribution < 1.29 is 41.4 Å². The molecule has 0 fully saturated rings. The summed E-state index contributed by atoms with van der Waals surface area (Å²) in [5, 5.41) is 15.7. The van der Waals surface area contributed by atoms with Gasteiger partial charge in [0, 0.05) is 24.1 Å². The average Bonchev–Trinajstić information content (AvgIpc) is 3.33. The number of hydrogen-bond acceptors (Lipinski definition) is 6. The molecule has 37 heavy (non-hydrogen) atoms. The van der Waals surface area contributed by atoms with Gasteiger partial charge in [-0.2, -0.15) is 18.3 Å². The van der Waals surface area contributed by atoms with Crippen molar-refractivity contribution in [3.05, 3.63) is 83.4 Å². The Balaban J connectivity index is 2.05. The van der Waals surface area contributed by atoms with E-state index in [1.807, 2.05) is 0 Å². The number of carbonyl (C=O) groups is 2. The first-order chi connectivity index (χ1) is 17.3. The van der Waals surface area contributed by atoms with Gasteiger partial charge in [0.15, 0.2) is 0 Å². The zero-order valence-electron chi connectivity index (χ0n) is 19.7. The molecule has 198 valence electrons. The Bertz CT molecular complexity index is 1230. The molecule has 0 spiro atoms. The normalized spacial score (nSPS) is 14.1. The van der Waals surface area contributed by atoms with Crippen LogP contribution in [0.2, 0.25) is 0 Å². The third-order valence-corrected chi connectivity index (χ3v) is 5.78. The lowest BCUT2D eigenvalue weighted by Crippen LogP contribution is -2.54. The number of rotatable bonds is 9. The standard InChI is InChI=1S/C24H23F5N4O4/c1-15(23(36,12-32-14-30-13-31-32)20-8-7-19(25)11-21(20)26)33(9-10-37-16(2)34)22(35)17-3-5-18(6-4-17)24(27,28)29/h3-8,11,13-15,36H,9-10,12H2,1-2H3/t15-,23-/m1/s1. The van der Waals surface area contributed by atoms with Gasteiger partial charge in [-0.15, -0.1) is 0 Å². The third kappa shape index (κ3) is 6.47. The molecule has 0 saturated carbocycles. The van der Waals surface area contributed by atoms with E-state index >= 15 is 0 Å². The first kappa shape index (κ1) is 27.7. The van der Waals surface area contributed by atoms with Gasteiger partial charge in [-0.25, -0.2) is 18.4 Å². The van der Waals surface area contributed by atoms with Crippen LogP contribution in [0.3, 0.4) is 0 Å². The molecule has 2 atom stereocenters. The molecule has 0 aliphatic carbocycles. The summed E-state index contributed by atoms with van der Waals surface area (Å²) < 4.78 is 73.6. The van der Waals surface area contributed by atoms with E-state index in [0.717, 1.165) is 54.5 Å². The number of nitrogens with zero attached hydrogens (tertiary/aromatic N) is 4. The summed E-state index contributed by atoms with van der Waals surface area (Å²) >= 11 is 0. The van der Waals surface area contributed by atoms with Crippen LogP contribution in [-0.4, -0.2) is 55.8 Å². The molecule has 2 aromatic carbocycles. The number of halogens is 5. The molecule has 1 heterocycles. The highest BCUT2D eigenvalue weighted by Crippen LogP contribution is 2.34. The van der Waals surface area contributed by atoms with Crippen molar-refractivity contribution in [1.82, 2.24) is 19.7 Å². The van der Waals surface area contributed by atoms with Crippen LogP contribution in [0.1, 0.15) is 35.3 Å². The molecule has 3 rings (SSSR count). The summed E-state index contributed by atoms with van der Waals surface area (Å²) in [7, 11) is 0. The minimum atomic E-state index is -4.62. The minimum Gasteiger partial charge on any atom is -0.464 e. The molecular weight excluding hydrogens is 503 g/mol. The summed E-state index contributed by atoms with van der Waals surface area (Å²) in [5.74, 6) is -3.48. The van der Waals surface area contributed by atoms with Crippen LogP contribution in [0.15, 0.2) is 55.1 Å². The average molecular weight is 526 g/mol. The maximum Gasteiger partial charge on any atom is 0.416 e. The number of aromatic nitrogens is 3. The van der Waals surface area contributed by atoms with E-state index < -0.39 is 53.4 Å². The molecule has 8 nitrogen and oxygen atoms in total. The number of hydrogen-bond donors (Lipinski definition) is 1. The Morgan fingerprint density at radius 3 is 2.35 bits per heavy atom. The summed E-state index contributed by atoms with van der Waals surface area (Å²) in [6, 6.07) is 4.60. The van der Waals surface area contributed by atoms with Crippen LogP contribution in [0.25, 0.3) is 0 Å². The highest BCUT2D eigenvalue weighted by Gasteiger charge is 2.44. The van der Waals surface area contributed by atoms with E-state index in [4.69, 9.17) is 4.74 Å². The fraction of sp³-hybridized carbons (Fsp3) is 0.333. The SMILES string of the molecule is CC(=O)OCCN(C(=O)c1ccc(C(F)(F)F)cc1)[C@H](C)[C@](O)(Cn1cncn1)c1ccc(F)cc1F. The van der Waals surface area contributed by atoms with Crippen molar-refractivity contribution in [3.63, 3.8) is 0 Å². The van der Waals surface area contributed by atoms with E-state index in [9.17, 15) is 36.6 Å². The largest absolute Gasteiger partial charge is 0.464 e. The molecule has 0 aliphatic heterocycles. The van der Waals surface area contributed by atoms with E-state index in [0.29, 0.717) is 6.07 Å². The van der Waals surface area contributed by atoms with Gasteiger partial charge in [-0.05, 0) is 37.3 Å². The lowest BCUT2D eigenvalue weighted by atomic mass is 9.85. The quantitative estimate of drug-likeness (QED) is 0.338. The van der Waals surface area contributed by atoms with Crippen LogP contribution in [-0.2, 0) is 27.9 Å². The Kier molecular flexibility index (Phi) is 8.26. The zero-order chi connectivity index (χ0) is 27.4. The Morgan fingerprint density at radius 1 is 1.14 bits per heavy atom. The molecule has 1 amide bonds. The summed E-state index contributed by atoms with van der Waals surface area (Å²) in [4.78, 5) is 29.5. The van der Waals surface area contributed by atoms with E-state index in [-0.39, 0.29) is 24.3 Å². The van der Waals surface area contributed by atoms with Gasteiger partial charge in [-0.3, -0.25) is 9.59 Å². The molecule has 3 aromatic rings. The fourth-order valence-corrected chi connectivity index (χ4v) is 3.83. The van der Waals surface area contributed by atoms with E-state index in [2.05, 4.69) is 10.1 Å². The van der Waals surface area contributed by atoms with Crippen LogP contribution < -0.4 is 0 Å². The van der Waals surface area contributed by atoms with Gasteiger partial charge >= 0.3 is 12.1 Å². The molecule has 0 bridgehead atoms. The predicted molar refractivity (Wildman–Crippen MR) is 119 cm³/mol. The monoisotopic (exact) mass is 526 g/mol. The molecular formula is C24H23F5N4O4. The number of alkyl halides is 3. The van der Waals surface area contributed by atoms with Crippen molar-refractivity contribution in [2.45, 2.75) is 38.2 Å². The number of esters is 1. The van der Waals surface area contributed by atoms with Gasteiger partial charge in [0.05, 0.1) is 24.7 Å². The van der Waals surface area contributed by atoms with Gasteiger partial charge in [0.2, 0.25) is 0 Å². The molecule has 0 radical (unpaired) electrons. The van der Waals surface area contributed by atoms with Crippen molar-refractivity contribution in [2.75, 3.05) is 13.2 Å². The number of carbonyl (C=O) groups excluding carboxylic acids is 2. The number of aliphatic hydroxyl groups is 1. The molecule has 0 unspecified atom stereocenters. The number of benzene rings is 2. The van der Waals surface area contributed by atoms with Crippen LogP contribution in [0, 0.1) is 11.6 Å². The summed E-state index contributed by atoms with van der Waals surface area (Å²) in [6.45, 7) is 1.46. The highest BCUT2D eigenvalue weighted by atomic mass is 19.4. The fourth-order valence-electron chi connectivity index (χ4n) is 3.83. The number of ether oxygens (including phenoxy) is 1. The molecule has 0 aliphatic rings.